The molecule has 1 aromatic rings. The fourth-order valence-electron chi connectivity index (χ4n) is 2.20. The van der Waals surface area contributed by atoms with Crippen LogP contribution in [0.3, 0.4) is 0 Å². The Hall–Kier alpha value is -0.710. The molecule has 3 nitrogen and oxygen atoms in total. The third kappa shape index (κ3) is 4.41. The lowest BCUT2D eigenvalue weighted by molar-refractivity contribution is 0.204. The molecular formula is C15H27N3S. The van der Waals surface area contributed by atoms with Crippen LogP contribution in [0.4, 0.5) is 5.69 Å². The van der Waals surface area contributed by atoms with Crippen molar-refractivity contribution in [3.63, 3.8) is 0 Å². The zero-order chi connectivity index (χ0) is 14.4. The van der Waals surface area contributed by atoms with Gasteiger partial charge in [-0.15, -0.1) is 0 Å². The van der Waals surface area contributed by atoms with Crippen LogP contribution in [0, 0.1) is 0 Å². The Morgan fingerprint density at radius 3 is 2.16 bits per heavy atom. The number of hydrogen-bond acceptors (Lipinski definition) is 4. The number of hydrogen-bond donors (Lipinski definition) is 1. The summed E-state index contributed by atoms with van der Waals surface area (Å²) in [5.41, 5.74) is 8.50. The molecule has 2 N–H and O–H groups in total. The van der Waals surface area contributed by atoms with Crippen LogP contribution in [0.25, 0.3) is 0 Å². The van der Waals surface area contributed by atoms with Crippen LogP contribution in [0.5, 0.6) is 0 Å². The Morgan fingerprint density at radius 1 is 1.16 bits per heavy atom. The highest BCUT2D eigenvalue weighted by Gasteiger charge is 2.19. The first-order valence-corrected chi connectivity index (χ1v) is 8.08. The second-order valence-electron chi connectivity index (χ2n) is 5.21. The van der Waals surface area contributed by atoms with Crippen molar-refractivity contribution < 1.29 is 0 Å². The number of rotatable bonds is 7. The van der Waals surface area contributed by atoms with Crippen molar-refractivity contribution >= 4 is 17.4 Å². The third-order valence-electron chi connectivity index (χ3n) is 3.61. The predicted octanol–water partition coefficient (Wildman–Crippen LogP) is 2.44. The lowest BCUT2D eigenvalue weighted by Gasteiger charge is -2.32. The molecule has 1 aromatic carbocycles. The fraction of sp³-hybridized carbons (Fsp3) is 0.600. The molecule has 0 saturated carbocycles. The molecular weight excluding hydrogens is 254 g/mol. The monoisotopic (exact) mass is 281 g/mol. The Bertz CT molecular complexity index is 364. The van der Waals surface area contributed by atoms with E-state index < -0.39 is 0 Å². The zero-order valence-corrected chi connectivity index (χ0v) is 13.6. The van der Waals surface area contributed by atoms with Crippen molar-refractivity contribution in [3.05, 3.63) is 29.8 Å². The lowest BCUT2D eigenvalue weighted by Crippen LogP contribution is -2.38. The van der Waals surface area contributed by atoms with Gasteiger partial charge in [0.15, 0.2) is 0 Å². The average Bonchev–Trinajstić information content (AvgIpc) is 2.40. The van der Waals surface area contributed by atoms with Gasteiger partial charge >= 0.3 is 0 Å². The van der Waals surface area contributed by atoms with Crippen LogP contribution in [0.15, 0.2) is 24.3 Å². The Kier molecular flexibility index (Phi) is 6.69. The molecule has 0 aliphatic rings. The molecule has 0 saturated heterocycles. The molecule has 0 spiro atoms. The van der Waals surface area contributed by atoms with Crippen molar-refractivity contribution in [2.45, 2.75) is 19.0 Å². The molecule has 0 aliphatic carbocycles. The van der Waals surface area contributed by atoms with Crippen LogP contribution in [-0.4, -0.2) is 50.6 Å². The van der Waals surface area contributed by atoms with Gasteiger partial charge in [0.1, 0.15) is 0 Å². The highest BCUT2D eigenvalue weighted by atomic mass is 32.2. The lowest BCUT2D eigenvalue weighted by atomic mass is 10.0. The molecule has 0 aliphatic heterocycles. The normalized spacial score (nSPS) is 14.5. The van der Waals surface area contributed by atoms with Crippen molar-refractivity contribution in [2.75, 3.05) is 44.6 Å². The third-order valence-corrected chi connectivity index (χ3v) is 4.43. The standard InChI is InChI=1S/C15H27N3S/c1-12(11-19-5)18(4)15(10-16)13-6-8-14(9-7-13)17(2)3/h6-9,12,15H,10-11,16H2,1-5H3. The summed E-state index contributed by atoms with van der Waals surface area (Å²) < 4.78 is 0. The van der Waals surface area contributed by atoms with Crippen LogP contribution in [0.1, 0.15) is 18.5 Å². The van der Waals surface area contributed by atoms with Gasteiger partial charge in [0.2, 0.25) is 0 Å². The zero-order valence-electron chi connectivity index (χ0n) is 12.8. The van der Waals surface area contributed by atoms with E-state index in [9.17, 15) is 0 Å². The molecule has 2 unspecified atom stereocenters. The van der Waals surface area contributed by atoms with Crippen LogP contribution >= 0.6 is 11.8 Å². The summed E-state index contributed by atoms with van der Waals surface area (Å²) >= 11 is 1.88. The molecule has 4 heteroatoms. The highest BCUT2D eigenvalue weighted by Crippen LogP contribution is 2.23. The molecule has 0 radical (unpaired) electrons. The van der Waals surface area contributed by atoms with E-state index in [4.69, 9.17) is 5.73 Å². The number of nitrogens with two attached hydrogens (primary N) is 1. The van der Waals surface area contributed by atoms with Crippen molar-refractivity contribution in [1.29, 1.82) is 0 Å². The first-order chi connectivity index (χ1) is 9.01. The molecule has 0 heterocycles. The largest absolute Gasteiger partial charge is 0.378 e. The van der Waals surface area contributed by atoms with Gasteiger partial charge < -0.3 is 10.6 Å². The minimum absolute atomic E-state index is 0.290. The summed E-state index contributed by atoms with van der Waals surface area (Å²) in [6.07, 6.45) is 2.15. The van der Waals surface area contributed by atoms with Crippen LogP contribution < -0.4 is 10.6 Å². The van der Waals surface area contributed by atoms with Crippen molar-refractivity contribution in [2.24, 2.45) is 5.73 Å². The van der Waals surface area contributed by atoms with E-state index in [1.54, 1.807) is 0 Å². The van der Waals surface area contributed by atoms with E-state index in [1.165, 1.54) is 11.3 Å². The van der Waals surface area contributed by atoms with Crippen molar-refractivity contribution in [3.8, 4) is 0 Å². The van der Waals surface area contributed by atoms with E-state index in [1.807, 2.05) is 11.8 Å². The molecule has 0 fully saturated rings. The topological polar surface area (TPSA) is 32.5 Å². The number of likely N-dealkylation sites (N-methyl/N-ethyl adjacent to an activating group) is 1. The van der Waals surface area contributed by atoms with Gasteiger partial charge in [0, 0.05) is 44.2 Å². The summed E-state index contributed by atoms with van der Waals surface area (Å²) in [6, 6.07) is 9.51. The maximum absolute atomic E-state index is 5.98. The second-order valence-corrected chi connectivity index (χ2v) is 6.12. The SMILES string of the molecule is CSCC(C)N(C)C(CN)c1ccc(N(C)C)cc1. The molecule has 19 heavy (non-hydrogen) atoms. The Morgan fingerprint density at radius 2 is 1.74 bits per heavy atom. The first kappa shape index (κ1) is 16.3. The fourth-order valence-corrected chi connectivity index (χ4v) is 2.92. The van der Waals surface area contributed by atoms with E-state index in [-0.39, 0.29) is 0 Å². The van der Waals surface area contributed by atoms with Gasteiger partial charge in [-0.2, -0.15) is 11.8 Å². The summed E-state index contributed by atoms with van der Waals surface area (Å²) in [5, 5.41) is 0. The Balaban J connectivity index is 2.84. The molecule has 0 bridgehead atoms. The first-order valence-electron chi connectivity index (χ1n) is 6.69. The molecule has 1 rings (SSSR count). The van der Waals surface area contributed by atoms with Gasteiger partial charge in [-0.25, -0.2) is 0 Å². The van der Waals surface area contributed by atoms with Crippen LogP contribution in [-0.2, 0) is 0 Å². The van der Waals surface area contributed by atoms with E-state index in [2.05, 4.69) is 68.4 Å². The van der Waals surface area contributed by atoms with E-state index >= 15 is 0 Å². The number of benzene rings is 1. The smallest absolute Gasteiger partial charge is 0.0470 e. The van der Waals surface area contributed by atoms with Gasteiger partial charge in [0.05, 0.1) is 0 Å². The van der Waals surface area contributed by atoms with Crippen molar-refractivity contribution in [1.82, 2.24) is 4.90 Å². The summed E-state index contributed by atoms with van der Waals surface area (Å²) in [4.78, 5) is 4.49. The number of thioether (sulfide) groups is 1. The Labute approximate surface area is 122 Å². The minimum atomic E-state index is 0.290. The predicted molar refractivity (Wildman–Crippen MR) is 88.2 cm³/mol. The van der Waals surface area contributed by atoms with E-state index in [0.29, 0.717) is 18.6 Å². The maximum Gasteiger partial charge on any atom is 0.0470 e. The number of anilines is 1. The molecule has 2 atom stereocenters. The number of nitrogens with zero attached hydrogens (tertiary/aromatic N) is 2. The molecule has 108 valence electrons. The quantitative estimate of drug-likeness (QED) is 0.832. The summed E-state index contributed by atoms with van der Waals surface area (Å²) in [7, 11) is 6.28. The van der Waals surface area contributed by atoms with Crippen LogP contribution in [0.2, 0.25) is 0 Å². The maximum atomic E-state index is 5.98. The molecule has 0 aromatic heterocycles. The molecule has 0 amide bonds. The summed E-state index contributed by atoms with van der Waals surface area (Å²) in [5.74, 6) is 1.13. The van der Waals surface area contributed by atoms with Gasteiger partial charge in [-0.3, -0.25) is 4.90 Å². The van der Waals surface area contributed by atoms with E-state index in [0.717, 1.165) is 5.75 Å². The van der Waals surface area contributed by atoms with Gasteiger partial charge in [-0.05, 0) is 37.9 Å². The second kappa shape index (κ2) is 7.78. The van der Waals surface area contributed by atoms with Gasteiger partial charge in [-0.1, -0.05) is 12.1 Å². The summed E-state index contributed by atoms with van der Waals surface area (Å²) in [6.45, 7) is 2.91. The van der Waals surface area contributed by atoms with Gasteiger partial charge in [0.25, 0.3) is 0 Å². The average molecular weight is 281 g/mol. The minimum Gasteiger partial charge on any atom is -0.378 e. The highest BCUT2D eigenvalue weighted by molar-refractivity contribution is 7.98.